The van der Waals surface area contributed by atoms with Gasteiger partial charge in [0.15, 0.2) is 0 Å². The Morgan fingerprint density at radius 3 is 1.38 bits per heavy atom. The molecule has 0 radical (unpaired) electrons. The van der Waals surface area contributed by atoms with Crippen molar-refractivity contribution in [3.63, 3.8) is 0 Å². The molecule has 0 aromatic heterocycles. The van der Waals surface area contributed by atoms with Crippen molar-refractivity contribution < 1.29 is 9.59 Å². The third-order valence-electron chi connectivity index (χ3n) is 3.64. The number of carbonyl (C=O) groups excluding carboxylic acids is 2. The Bertz CT molecular complexity index is 395. The molecular weight excluding hydrogens is 304 g/mol. The highest BCUT2D eigenvalue weighted by Gasteiger charge is 2.05. The first-order chi connectivity index (χ1) is 11.2. The highest BCUT2D eigenvalue weighted by molar-refractivity contribution is 5.92. The molecule has 0 heterocycles. The van der Waals surface area contributed by atoms with E-state index in [1.807, 2.05) is 0 Å². The van der Waals surface area contributed by atoms with Gasteiger partial charge < -0.3 is 20.4 Å². The monoisotopic (exact) mass is 338 g/mol. The van der Waals surface area contributed by atoms with Gasteiger partial charge in [0, 0.05) is 37.3 Å². The zero-order valence-electron chi connectivity index (χ0n) is 15.8. The molecule has 2 amide bonds. The van der Waals surface area contributed by atoms with Crippen molar-refractivity contribution in [1.29, 1.82) is 0 Å². The second-order valence-electron chi connectivity index (χ2n) is 6.39. The summed E-state index contributed by atoms with van der Waals surface area (Å²) in [4.78, 5) is 27.2. The number of hydrogen-bond donors (Lipinski definition) is 2. The van der Waals surface area contributed by atoms with Crippen molar-refractivity contribution in [2.24, 2.45) is 0 Å². The Balaban J connectivity index is 3.62. The smallest absolute Gasteiger partial charge is 0.246 e. The first kappa shape index (κ1) is 22.3. The lowest BCUT2D eigenvalue weighted by Gasteiger charge is -2.22. The number of carbonyl (C=O) groups is 2. The Hall–Kier alpha value is -1.66. The van der Waals surface area contributed by atoms with Gasteiger partial charge in [0.1, 0.15) is 0 Å². The average molecular weight is 338 g/mol. The minimum absolute atomic E-state index is 0.0730. The standard InChI is InChI=1S/C18H34N4O2/c1-15(2)17(23)19-9-7-11-21(5)13-14-22(6)12-8-10-20-18(24)16(3)4/h1,3,7-14H2,2,4-6H3,(H,19,23)(H,20,24). The lowest BCUT2D eigenvalue weighted by atomic mass is 10.3. The van der Waals surface area contributed by atoms with Gasteiger partial charge in [-0.15, -0.1) is 0 Å². The Labute approximate surface area is 147 Å². The van der Waals surface area contributed by atoms with Crippen LogP contribution in [0.25, 0.3) is 0 Å². The topological polar surface area (TPSA) is 64.7 Å². The van der Waals surface area contributed by atoms with Crippen LogP contribution in [0.1, 0.15) is 26.7 Å². The van der Waals surface area contributed by atoms with Crippen LogP contribution in [-0.2, 0) is 9.59 Å². The van der Waals surface area contributed by atoms with E-state index in [0.717, 1.165) is 39.0 Å². The molecule has 6 heteroatoms. The van der Waals surface area contributed by atoms with Crippen LogP contribution < -0.4 is 10.6 Å². The van der Waals surface area contributed by atoms with Crippen LogP contribution in [0.5, 0.6) is 0 Å². The summed E-state index contributed by atoms with van der Waals surface area (Å²) in [6.07, 6.45) is 1.85. The van der Waals surface area contributed by atoms with Gasteiger partial charge in [0.25, 0.3) is 0 Å². The molecule has 0 bridgehead atoms. The molecule has 0 aromatic rings. The van der Waals surface area contributed by atoms with Crippen molar-refractivity contribution in [1.82, 2.24) is 20.4 Å². The van der Waals surface area contributed by atoms with Crippen molar-refractivity contribution in [2.45, 2.75) is 26.7 Å². The summed E-state index contributed by atoms with van der Waals surface area (Å²) in [5.41, 5.74) is 1.09. The summed E-state index contributed by atoms with van der Waals surface area (Å²) in [5, 5.41) is 5.67. The number of rotatable bonds is 13. The maximum Gasteiger partial charge on any atom is 0.246 e. The zero-order valence-corrected chi connectivity index (χ0v) is 15.8. The van der Waals surface area contributed by atoms with Gasteiger partial charge in [-0.25, -0.2) is 0 Å². The number of likely N-dealkylation sites (N-methyl/N-ethyl adjacent to an activating group) is 2. The van der Waals surface area contributed by atoms with E-state index in [1.54, 1.807) is 13.8 Å². The second kappa shape index (κ2) is 12.7. The molecule has 0 saturated carbocycles. The quantitative estimate of drug-likeness (QED) is 0.389. The van der Waals surface area contributed by atoms with E-state index in [9.17, 15) is 9.59 Å². The third kappa shape index (κ3) is 11.8. The molecule has 0 saturated heterocycles. The van der Waals surface area contributed by atoms with E-state index >= 15 is 0 Å². The Morgan fingerprint density at radius 1 is 0.750 bits per heavy atom. The fourth-order valence-corrected chi connectivity index (χ4v) is 1.97. The fourth-order valence-electron chi connectivity index (χ4n) is 1.97. The Kier molecular flexibility index (Phi) is 11.8. The summed E-state index contributed by atoms with van der Waals surface area (Å²) in [6.45, 7) is 15.8. The molecule has 24 heavy (non-hydrogen) atoms. The third-order valence-corrected chi connectivity index (χ3v) is 3.64. The van der Waals surface area contributed by atoms with Crippen molar-refractivity contribution >= 4 is 11.8 Å². The van der Waals surface area contributed by atoms with E-state index in [1.165, 1.54) is 0 Å². The summed E-state index contributed by atoms with van der Waals surface area (Å²) >= 11 is 0. The zero-order chi connectivity index (χ0) is 18.5. The SMILES string of the molecule is C=C(C)C(=O)NCCCN(C)CCN(C)CCCNC(=O)C(=C)C. The molecule has 0 spiro atoms. The van der Waals surface area contributed by atoms with Gasteiger partial charge in [0.05, 0.1) is 0 Å². The average Bonchev–Trinajstić information content (AvgIpc) is 2.52. The predicted octanol–water partition coefficient (Wildman–Crippen LogP) is 1.01. The minimum Gasteiger partial charge on any atom is -0.352 e. The van der Waals surface area contributed by atoms with Gasteiger partial charge in [-0.2, -0.15) is 0 Å². The number of amides is 2. The summed E-state index contributed by atoms with van der Waals surface area (Å²) in [6, 6.07) is 0. The molecule has 0 atom stereocenters. The normalized spacial score (nSPS) is 10.8. The minimum atomic E-state index is -0.0730. The molecule has 6 nitrogen and oxygen atoms in total. The molecule has 0 fully saturated rings. The molecular formula is C18H34N4O2. The second-order valence-corrected chi connectivity index (χ2v) is 6.39. The number of hydrogen-bond acceptors (Lipinski definition) is 4. The fraction of sp³-hybridized carbons (Fsp3) is 0.667. The molecule has 2 N–H and O–H groups in total. The van der Waals surface area contributed by atoms with Crippen LogP contribution in [0.15, 0.2) is 24.3 Å². The van der Waals surface area contributed by atoms with Gasteiger partial charge in [-0.3, -0.25) is 9.59 Å². The van der Waals surface area contributed by atoms with Crippen LogP contribution in [0.4, 0.5) is 0 Å². The maximum atomic E-state index is 11.3. The van der Waals surface area contributed by atoms with E-state index < -0.39 is 0 Å². The lowest BCUT2D eigenvalue weighted by molar-refractivity contribution is -0.118. The summed E-state index contributed by atoms with van der Waals surface area (Å²) in [7, 11) is 4.17. The highest BCUT2D eigenvalue weighted by atomic mass is 16.2. The van der Waals surface area contributed by atoms with E-state index in [4.69, 9.17) is 0 Å². The van der Waals surface area contributed by atoms with Crippen LogP contribution in [0, 0.1) is 0 Å². The molecule has 0 aliphatic heterocycles. The lowest BCUT2D eigenvalue weighted by Crippen LogP contribution is -2.34. The van der Waals surface area contributed by atoms with Gasteiger partial charge >= 0.3 is 0 Å². The van der Waals surface area contributed by atoms with Gasteiger partial charge in [-0.1, -0.05) is 13.2 Å². The molecule has 0 aliphatic rings. The Morgan fingerprint density at radius 2 is 1.08 bits per heavy atom. The van der Waals surface area contributed by atoms with E-state index in [2.05, 4.69) is 47.7 Å². The largest absolute Gasteiger partial charge is 0.352 e. The number of nitrogens with one attached hydrogen (secondary N) is 2. The maximum absolute atomic E-state index is 11.3. The first-order valence-electron chi connectivity index (χ1n) is 8.48. The van der Waals surface area contributed by atoms with Gasteiger partial charge in [-0.05, 0) is 53.9 Å². The van der Waals surface area contributed by atoms with Crippen LogP contribution in [-0.4, -0.2) is 75.0 Å². The molecule has 138 valence electrons. The first-order valence-corrected chi connectivity index (χ1v) is 8.48. The van der Waals surface area contributed by atoms with Crippen molar-refractivity contribution in [2.75, 3.05) is 53.4 Å². The molecule has 0 aromatic carbocycles. The van der Waals surface area contributed by atoms with E-state index in [-0.39, 0.29) is 11.8 Å². The van der Waals surface area contributed by atoms with Crippen LogP contribution in [0.2, 0.25) is 0 Å². The molecule has 0 unspecified atom stereocenters. The molecule has 0 aliphatic carbocycles. The van der Waals surface area contributed by atoms with Gasteiger partial charge in [0.2, 0.25) is 11.8 Å². The summed E-state index contributed by atoms with van der Waals surface area (Å²) < 4.78 is 0. The van der Waals surface area contributed by atoms with Crippen LogP contribution >= 0.6 is 0 Å². The van der Waals surface area contributed by atoms with E-state index in [0.29, 0.717) is 24.2 Å². The van der Waals surface area contributed by atoms with Crippen molar-refractivity contribution in [3.8, 4) is 0 Å². The number of nitrogens with zero attached hydrogens (tertiary/aromatic N) is 2. The molecule has 0 rings (SSSR count). The van der Waals surface area contributed by atoms with Crippen LogP contribution in [0.3, 0.4) is 0 Å². The summed E-state index contributed by atoms with van der Waals surface area (Å²) in [5.74, 6) is -0.146. The predicted molar refractivity (Wildman–Crippen MR) is 99.9 cm³/mol. The van der Waals surface area contributed by atoms with Crippen molar-refractivity contribution in [3.05, 3.63) is 24.3 Å². The highest BCUT2D eigenvalue weighted by Crippen LogP contribution is 1.93.